The van der Waals surface area contributed by atoms with Crippen LogP contribution in [0.3, 0.4) is 0 Å². The summed E-state index contributed by atoms with van der Waals surface area (Å²) in [5.74, 6) is 0.696. The summed E-state index contributed by atoms with van der Waals surface area (Å²) in [6.07, 6.45) is 7.41. The van der Waals surface area contributed by atoms with Crippen LogP contribution in [0.2, 0.25) is 19.6 Å². The lowest BCUT2D eigenvalue weighted by atomic mass is 9.87. The summed E-state index contributed by atoms with van der Waals surface area (Å²) in [6.45, 7) is 8.89. The van der Waals surface area contributed by atoms with Crippen molar-refractivity contribution in [1.29, 1.82) is 0 Å². The molecule has 0 fully saturated rings. The largest absolute Gasteiger partial charge is 0.290 e. The molecule has 2 heteroatoms. The Morgan fingerprint density at radius 2 is 2.13 bits per heavy atom. The number of hydrogen-bond donors (Lipinski definition) is 0. The van der Waals surface area contributed by atoms with Gasteiger partial charge in [-0.15, -0.1) is 0 Å². The molecular formula is C13H22OSi. The predicted molar refractivity (Wildman–Crippen MR) is 68.6 cm³/mol. The Labute approximate surface area is 94.3 Å². The van der Waals surface area contributed by atoms with Gasteiger partial charge in [0.1, 0.15) is 0 Å². The molecule has 0 N–H and O–H groups in total. The fraction of sp³-hybridized carbons (Fsp3) is 0.615. The molecule has 0 bridgehead atoms. The molecule has 0 aromatic rings. The third-order valence-electron chi connectivity index (χ3n) is 2.76. The Bertz CT molecular complexity index is 294. The first-order valence-electron chi connectivity index (χ1n) is 5.84. The average molecular weight is 222 g/mol. The number of carbonyl (C=O) groups is 1. The molecule has 0 aromatic heterocycles. The van der Waals surface area contributed by atoms with Crippen LogP contribution in [0.1, 0.15) is 26.2 Å². The van der Waals surface area contributed by atoms with Crippen LogP contribution in [-0.2, 0) is 4.79 Å². The molecule has 15 heavy (non-hydrogen) atoms. The van der Waals surface area contributed by atoms with E-state index in [1.807, 2.05) is 0 Å². The fourth-order valence-corrected chi connectivity index (χ4v) is 2.46. The molecule has 1 aliphatic rings. The van der Waals surface area contributed by atoms with E-state index in [0.717, 1.165) is 12.0 Å². The Balaban J connectivity index is 2.69. The normalized spacial score (nSPS) is 22.9. The van der Waals surface area contributed by atoms with Crippen LogP contribution in [0, 0.1) is 5.92 Å². The molecule has 0 amide bonds. The zero-order chi connectivity index (χ0) is 11.5. The van der Waals surface area contributed by atoms with Gasteiger partial charge in [-0.25, -0.2) is 0 Å². The maximum atomic E-state index is 11.9. The highest BCUT2D eigenvalue weighted by atomic mass is 28.3. The molecule has 1 aliphatic carbocycles. The van der Waals surface area contributed by atoms with E-state index in [0.29, 0.717) is 5.92 Å². The van der Waals surface area contributed by atoms with E-state index in [2.05, 4.69) is 38.3 Å². The second-order valence-corrected chi connectivity index (χ2v) is 10.6. The summed E-state index contributed by atoms with van der Waals surface area (Å²) in [7, 11) is -1.23. The number of hydrogen-bond acceptors (Lipinski definition) is 1. The Morgan fingerprint density at radius 3 is 2.67 bits per heavy atom. The van der Waals surface area contributed by atoms with Gasteiger partial charge in [0.15, 0.2) is 5.78 Å². The average Bonchev–Trinajstić information content (AvgIpc) is 2.14. The van der Waals surface area contributed by atoms with Gasteiger partial charge in [0.05, 0.1) is 8.07 Å². The molecule has 84 valence electrons. The quantitative estimate of drug-likeness (QED) is 0.525. The van der Waals surface area contributed by atoms with E-state index < -0.39 is 8.07 Å². The van der Waals surface area contributed by atoms with E-state index >= 15 is 0 Å². The van der Waals surface area contributed by atoms with Crippen LogP contribution in [0.15, 0.2) is 23.4 Å². The van der Waals surface area contributed by atoms with Crippen molar-refractivity contribution in [2.45, 2.75) is 45.8 Å². The van der Waals surface area contributed by atoms with Crippen molar-refractivity contribution in [3.63, 3.8) is 0 Å². The summed E-state index contributed by atoms with van der Waals surface area (Å²) in [4.78, 5) is 11.9. The lowest BCUT2D eigenvalue weighted by Gasteiger charge is -2.18. The van der Waals surface area contributed by atoms with Crippen molar-refractivity contribution < 1.29 is 4.79 Å². The highest BCUT2D eigenvalue weighted by Crippen LogP contribution is 2.25. The molecule has 1 rings (SSSR count). The van der Waals surface area contributed by atoms with Crippen LogP contribution in [-0.4, -0.2) is 13.9 Å². The summed E-state index contributed by atoms with van der Waals surface area (Å²) in [5, 5.41) is 0. The van der Waals surface area contributed by atoms with Crippen molar-refractivity contribution >= 4 is 13.9 Å². The van der Waals surface area contributed by atoms with Crippen LogP contribution >= 0.6 is 0 Å². The Kier molecular flexibility index (Phi) is 4.09. The second kappa shape index (κ2) is 4.93. The molecule has 0 aliphatic heterocycles. The van der Waals surface area contributed by atoms with E-state index in [1.54, 1.807) is 6.08 Å². The fourth-order valence-electron chi connectivity index (χ4n) is 1.80. The first kappa shape index (κ1) is 12.4. The van der Waals surface area contributed by atoms with Gasteiger partial charge in [-0.1, -0.05) is 38.3 Å². The predicted octanol–water partition coefficient (Wildman–Crippen LogP) is 3.74. The molecule has 1 atom stereocenters. The molecule has 1 nitrogen and oxygen atoms in total. The first-order valence-corrected chi connectivity index (χ1v) is 9.41. The third-order valence-corrected chi connectivity index (χ3v) is 3.92. The minimum Gasteiger partial charge on any atom is -0.290 e. The first-order chi connectivity index (χ1) is 6.90. The van der Waals surface area contributed by atoms with Gasteiger partial charge in [0.2, 0.25) is 0 Å². The SMILES string of the molecule is CC1CCCC=C1C(=O)/C=C/[Si](C)(C)C. The molecule has 0 spiro atoms. The highest BCUT2D eigenvalue weighted by Gasteiger charge is 2.18. The number of rotatable bonds is 3. The van der Waals surface area contributed by atoms with Gasteiger partial charge in [-0.2, -0.15) is 0 Å². The lowest BCUT2D eigenvalue weighted by Crippen LogP contribution is -2.18. The maximum absolute atomic E-state index is 11.9. The van der Waals surface area contributed by atoms with Gasteiger partial charge < -0.3 is 0 Å². The molecule has 1 unspecified atom stereocenters. The van der Waals surface area contributed by atoms with Crippen molar-refractivity contribution in [2.24, 2.45) is 5.92 Å². The van der Waals surface area contributed by atoms with E-state index in [9.17, 15) is 4.79 Å². The third kappa shape index (κ3) is 4.16. The van der Waals surface area contributed by atoms with Gasteiger partial charge in [-0.05, 0) is 36.8 Å². The zero-order valence-corrected chi connectivity index (χ0v) is 11.3. The zero-order valence-electron chi connectivity index (χ0n) is 10.3. The summed E-state index contributed by atoms with van der Waals surface area (Å²) < 4.78 is 0. The van der Waals surface area contributed by atoms with Gasteiger partial charge in [-0.3, -0.25) is 4.79 Å². The summed E-state index contributed by atoms with van der Waals surface area (Å²) in [6, 6.07) is 0. The number of ketones is 1. The minimum absolute atomic E-state index is 0.240. The maximum Gasteiger partial charge on any atom is 0.181 e. The molecule has 0 saturated heterocycles. The summed E-state index contributed by atoms with van der Waals surface area (Å²) >= 11 is 0. The van der Waals surface area contributed by atoms with E-state index in [1.165, 1.54) is 12.8 Å². The van der Waals surface area contributed by atoms with Crippen molar-refractivity contribution in [3.8, 4) is 0 Å². The highest BCUT2D eigenvalue weighted by molar-refractivity contribution is 6.81. The molecular weight excluding hydrogens is 200 g/mol. The van der Waals surface area contributed by atoms with Crippen LogP contribution in [0.4, 0.5) is 0 Å². The van der Waals surface area contributed by atoms with Gasteiger partial charge >= 0.3 is 0 Å². The van der Waals surface area contributed by atoms with Gasteiger partial charge in [0.25, 0.3) is 0 Å². The molecule has 0 heterocycles. The topological polar surface area (TPSA) is 17.1 Å². The van der Waals surface area contributed by atoms with E-state index in [-0.39, 0.29) is 5.78 Å². The van der Waals surface area contributed by atoms with Crippen LogP contribution in [0.25, 0.3) is 0 Å². The number of allylic oxidation sites excluding steroid dienone is 3. The van der Waals surface area contributed by atoms with E-state index in [4.69, 9.17) is 0 Å². The van der Waals surface area contributed by atoms with Crippen molar-refractivity contribution in [1.82, 2.24) is 0 Å². The van der Waals surface area contributed by atoms with Crippen molar-refractivity contribution in [2.75, 3.05) is 0 Å². The molecule has 0 aromatic carbocycles. The van der Waals surface area contributed by atoms with Crippen LogP contribution < -0.4 is 0 Å². The minimum atomic E-state index is -1.23. The Hall–Kier alpha value is -0.633. The van der Waals surface area contributed by atoms with Crippen molar-refractivity contribution in [3.05, 3.63) is 23.4 Å². The summed E-state index contributed by atoms with van der Waals surface area (Å²) in [5.41, 5.74) is 3.17. The standard InChI is InChI=1S/C13H22OSi/c1-11-7-5-6-8-12(11)13(14)9-10-15(2,3)4/h8-11H,5-7H2,1-4H3/b10-9+. The van der Waals surface area contributed by atoms with Gasteiger partial charge in [0, 0.05) is 0 Å². The Morgan fingerprint density at radius 1 is 1.47 bits per heavy atom. The molecule has 0 radical (unpaired) electrons. The monoisotopic (exact) mass is 222 g/mol. The van der Waals surface area contributed by atoms with Crippen LogP contribution in [0.5, 0.6) is 0 Å². The number of carbonyl (C=O) groups excluding carboxylic acids is 1. The molecule has 0 saturated carbocycles. The lowest BCUT2D eigenvalue weighted by molar-refractivity contribution is -0.111. The second-order valence-electron chi connectivity index (χ2n) is 5.56. The smallest absolute Gasteiger partial charge is 0.181 e.